The summed E-state index contributed by atoms with van der Waals surface area (Å²) in [6, 6.07) is 0.433. The van der Waals surface area contributed by atoms with E-state index in [2.05, 4.69) is 36.5 Å². The molecule has 5 nitrogen and oxygen atoms in total. The second-order valence-corrected chi connectivity index (χ2v) is 5.91. The molecule has 18 heavy (non-hydrogen) atoms. The largest absolute Gasteiger partial charge is 0.352 e. The Kier molecular flexibility index (Phi) is 3.71. The molecule has 1 aliphatic carbocycles. The highest BCUT2D eigenvalue weighted by Crippen LogP contribution is 2.18. The van der Waals surface area contributed by atoms with Crippen LogP contribution < -0.4 is 10.6 Å². The lowest BCUT2D eigenvalue weighted by atomic mass is 10.1. The summed E-state index contributed by atoms with van der Waals surface area (Å²) in [7, 11) is 0. The number of aromatic nitrogens is 2. The highest BCUT2D eigenvalue weighted by Gasteiger charge is 2.22. The van der Waals surface area contributed by atoms with Crippen LogP contribution in [0.2, 0.25) is 0 Å². The van der Waals surface area contributed by atoms with Crippen molar-refractivity contribution < 1.29 is 4.79 Å². The van der Waals surface area contributed by atoms with Gasteiger partial charge in [-0.15, -0.1) is 0 Å². The normalized spacial score (nSPS) is 15.7. The molecule has 1 amide bonds. The minimum atomic E-state index is 0.00159. The Bertz CT molecular complexity index is 415. The van der Waals surface area contributed by atoms with Crippen LogP contribution in [0, 0.1) is 0 Å². The van der Waals surface area contributed by atoms with Gasteiger partial charge in [-0.2, -0.15) is 5.10 Å². The molecule has 0 saturated heterocycles. The van der Waals surface area contributed by atoms with Gasteiger partial charge in [0, 0.05) is 24.3 Å². The lowest BCUT2D eigenvalue weighted by Gasteiger charge is -2.18. The van der Waals surface area contributed by atoms with Crippen LogP contribution >= 0.6 is 0 Å². The van der Waals surface area contributed by atoms with Crippen molar-refractivity contribution in [1.82, 2.24) is 20.4 Å². The molecule has 0 bridgehead atoms. The molecule has 0 spiro atoms. The summed E-state index contributed by atoms with van der Waals surface area (Å²) in [6.07, 6.45) is 6.12. The molecule has 0 atom stereocenters. The molecule has 0 unspecified atom stereocenters. The first kappa shape index (κ1) is 13.1. The van der Waals surface area contributed by atoms with Crippen molar-refractivity contribution in [2.24, 2.45) is 0 Å². The minimum absolute atomic E-state index is 0.00159. The molecule has 0 aliphatic heterocycles. The van der Waals surface area contributed by atoms with E-state index < -0.39 is 0 Å². The van der Waals surface area contributed by atoms with E-state index in [0.29, 0.717) is 19.1 Å². The van der Waals surface area contributed by atoms with Gasteiger partial charge in [0.15, 0.2) is 0 Å². The van der Waals surface area contributed by atoms with Crippen molar-refractivity contribution in [3.8, 4) is 0 Å². The average molecular weight is 250 g/mol. The maximum absolute atomic E-state index is 11.5. The van der Waals surface area contributed by atoms with Gasteiger partial charge in [-0.3, -0.25) is 9.48 Å². The van der Waals surface area contributed by atoms with Gasteiger partial charge >= 0.3 is 0 Å². The van der Waals surface area contributed by atoms with Gasteiger partial charge in [0.25, 0.3) is 0 Å². The summed E-state index contributed by atoms with van der Waals surface area (Å²) < 4.78 is 1.94. The number of hydrogen-bond donors (Lipinski definition) is 2. The van der Waals surface area contributed by atoms with Gasteiger partial charge in [-0.05, 0) is 33.6 Å². The first-order valence-corrected chi connectivity index (χ1v) is 6.49. The number of nitrogens with zero attached hydrogens (tertiary/aromatic N) is 2. The van der Waals surface area contributed by atoms with Crippen LogP contribution in [0.25, 0.3) is 0 Å². The average Bonchev–Trinajstić information content (AvgIpc) is 2.93. The number of rotatable bonds is 5. The number of nitrogens with one attached hydrogen (secondary N) is 2. The van der Waals surface area contributed by atoms with Crippen molar-refractivity contribution in [3.05, 3.63) is 18.0 Å². The molecule has 1 heterocycles. The summed E-state index contributed by atoms with van der Waals surface area (Å²) in [5.74, 6) is 0.0840. The Morgan fingerprint density at radius 1 is 1.50 bits per heavy atom. The Morgan fingerprint density at radius 2 is 2.22 bits per heavy atom. The van der Waals surface area contributed by atoms with Crippen LogP contribution in [0.15, 0.2) is 12.4 Å². The topological polar surface area (TPSA) is 59.0 Å². The van der Waals surface area contributed by atoms with Gasteiger partial charge in [0.2, 0.25) is 5.91 Å². The van der Waals surface area contributed by atoms with Crippen LogP contribution in [0.5, 0.6) is 0 Å². The molecular weight excluding hydrogens is 228 g/mol. The first-order chi connectivity index (χ1) is 8.45. The molecule has 2 rings (SSSR count). The molecule has 1 fully saturated rings. The quantitative estimate of drug-likeness (QED) is 0.820. The SMILES string of the molecule is CC(C)(C)n1cc(CNCC(=O)NC2CC2)cn1. The molecule has 100 valence electrons. The number of amides is 1. The Labute approximate surface area is 108 Å². The maximum Gasteiger partial charge on any atom is 0.234 e. The van der Waals surface area contributed by atoms with Crippen LogP contribution in [0.1, 0.15) is 39.2 Å². The van der Waals surface area contributed by atoms with E-state index in [9.17, 15) is 4.79 Å². The summed E-state index contributed by atoms with van der Waals surface area (Å²) in [5.41, 5.74) is 1.10. The predicted molar refractivity (Wildman–Crippen MR) is 70.1 cm³/mol. The van der Waals surface area contributed by atoms with Crippen LogP contribution in [-0.2, 0) is 16.9 Å². The molecular formula is C13H22N4O. The van der Waals surface area contributed by atoms with E-state index in [1.54, 1.807) is 0 Å². The zero-order valence-corrected chi connectivity index (χ0v) is 11.4. The third-order valence-corrected chi connectivity index (χ3v) is 2.88. The third-order valence-electron chi connectivity index (χ3n) is 2.88. The molecule has 0 radical (unpaired) electrons. The monoisotopic (exact) mass is 250 g/mol. The maximum atomic E-state index is 11.5. The fourth-order valence-corrected chi connectivity index (χ4v) is 1.64. The van der Waals surface area contributed by atoms with Crippen molar-refractivity contribution >= 4 is 5.91 Å². The Morgan fingerprint density at radius 3 is 2.78 bits per heavy atom. The second-order valence-electron chi connectivity index (χ2n) is 5.91. The molecule has 1 saturated carbocycles. The summed E-state index contributed by atoms with van der Waals surface area (Å²) in [6.45, 7) is 7.38. The number of carbonyl (C=O) groups excluding carboxylic acids is 1. The first-order valence-electron chi connectivity index (χ1n) is 6.49. The molecule has 2 N–H and O–H groups in total. The fourth-order valence-electron chi connectivity index (χ4n) is 1.64. The van der Waals surface area contributed by atoms with Gasteiger partial charge in [0.1, 0.15) is 0 Å². The smallest absolute Gasteiger partial charge is 0.234 e. The van der Waals surface area contributed by atoms with Gasteiger partial charge in [-0.1, -0.05) is 0 Å². The van der Waals surface area contributed by atoms with Gasteiger partial charge in [-0.25, -0.2) is 0 Å². The molecule has 5 heteroatoms. The molecule has 1 aromatic rings. The number of hydrogen-bond acceptors (Lipinski definition) is 3. The van der Waals surface area contributed by atoms with Crippen molar-refractivity contribution in [3.63, 3.8) is 0 Å². The summed E-state index contributed by atoms with van der Waals surface area (Å²) in [5, 5.41) is 10.4. The van der Waals surface area contributed by atoms with Crippen LogP contribution in [-0.4, -0.2) is 28.3 Å². The molecule has 1 aliphatic rings. The van der Waals surface area contributed by atoms with Crippen molar-refractivity contribution in [1.29, 1.82) is 0 Å². The zero-order chi connectivity index (χ0) is 13.2. The standard InChI is InChI=1S/C13H22N4O/c1-13(2,3)17-9-10(7-15-17)6-14-8-12(18)16-11-4-5-11/h7,9,11,14H,4-6,8H2,1-3H3,(H,16,18). The fraction of sp³-hybridized carbons (Fsp3) is 0.692. The predicted octanol–water partition coefficient (Wildman–Crippen LogP) is 1.01. The second kappa shape index (κ2) is 5.10. The van der Waals surface area contributed by atoms with Gasteiger partial charge in [0.05, 0.1) is 18.3 Å². The lowest BCUT2D eigenvalue weighted by molar-refractivity contribution is -0.120. The van der Waals surface area contributed by atoms with Crippen molar-refractivity contribution in [2.45, 2.75) is 51.7 Å². The van der Waals surface area contributed by atoms with E-state index in [1.807, 2.05) is 17.1 Å². The zero-order valence-electron chi connectivity index (χ0n) is 11.4. The Hall–Kier alpha value is -1.36. The van der Waals surface area contributed by atoms with Crippen LogP contribution in [0.4, 0.5) is 0 Å². The van der Waals surface area contributed by atoms with E-state index in [0.717, 1.165) is 18.4 Å². The summed E-state index contributed by atoms with van der Waals surface area (Å²) in [4.78, 5) is 11.5. The van der Waals surface area contributed by atoms with E-state index in [1.165, 1.54) is 0 Å². The highest BCUT2D eigenvalue weighted by molar-refractivity contribution is 5.78. The number of carbonyl (C=O) groups is 1. The molecule has 1 aromatic heterocycles. The highest BCUT2D eigenvalue weighted by atomic mass is 16.2. The minimum Gasteiger partial charge on any atom is -0.352 e. The van der Waals surface area contributed by atoms with E-state index in [4.69, 9.17) is 0 Å². The third kappa shape index (κ3) is 3.84. The van der Waals surface area contributed by atoms with Crippen molar-refractivity contribution in [2.75, 3.05) is 6.54 Å². The van der Waals surface area contributed by atoms with E-state index in [-0.39, 0.29) is 11.4 Å². The Balaban J connectivity index is 1.72. The molecule has 0 aromatic carbocycles. The van der Waals surface area contributed by atoms with E-state index >= 15 is 0 Å². The summed E-state index contributed by atoms with van der Waals surface area (Å²) >= 11 is 0. The lowest BCUT2D eigenvalue weighted by Crippen LogP contribution is -2.34. The van der Waals surface area contributed by atoms with Gasteiger partial charge < -0.3 is 10.6 Å². The van der Waals surface area contributed by atoms with Crippen LogP contribution in [0.3, 0.4) is 0 Å².